The molecule has 0 saturated heterocycles. The van der Waals surface area contributed by atoms with E-state index in [1.165, 1.54) is 0 Å². The molecular weight excluding hydrogens is 262 g/mol. The predicted molar refractivity (Wildman–Crippen MR) is 91.2 cm³/mol. The Morgan fingerprint density at radius 1 is 1.19 bits per heavy atom. The minimum atomic E-state index is -0.0608. The van der Waals surface area contributed by atoms with Crippen molar-refractivity contribution < 1.29 is 0 Å². The molecule has 0 saturated carbocycles. The maximum absolute atomic E-state index is 4.68. The smallest absolute Gasteiger partial charge is 0.138 e. The third-order valence-electron chi connectivity index (χ3n) is 3.16. The van der Waals surface area contributed by atoms with E-state index in [9.17, 15) is 0 Å². The van der Waals surface area contributed by atoms with Crippen molar-refractivity contribution in [2.24, 2.45) is 0 Å². The van der Waals surface area contributed by atoms with Gasteiger partial charge < -0.3 is 15.5 Å². The standard InChI is InChI=1S/C16H31N5/c1-8-17-13-11-14(18-12(2)9-10-21(6)7)20-15(19-13)16(3,4)5/h11-12H,8-10H2,1-7H3,(H2,17,18,19,20). The molecule has 0 aliphatic rings. The Morgan fingerprint density at radius 3 is 2.33 bits per heavy atom. The van der Waals surface area contributed by atoms with Gasteiger partial charge in [-0.15, -0.1) is 0 Å². The van der Waals surface area contributed by atoms with Gasteiger partial charge in [-0.05, 0) is 40.9 Å². The molecule has 1 aromatic rings. The van der Waals surface area contributed by atoms with Gasteiger partial charge in [0.05, 0.1) is 0 Å². The molecule has 1 aromatic heterocycles. The van der Waals surface area contributed by atoms with Crippen LogP contribution in [0.25, 0.3) is 0 Å². The van der Waals surface area contributed by atoms with Gasteiger partial charge in [0.25, 0.3) is 0 Å². The predicted octanol–water partition coefficient (Wildman–Crippen LogP) is 2.96. The highest BCUT2D eigenvalue weighted by Gasteiger charge is 2.19. The van der Waals surface area contributed by atoms with Crippen molar-refractivity contribution in [1.82, 2.24) is 14.9 Å². The fraction of sp³-hybridized carbons (Fsp3) is 0.750. The van der Waals surface area contributed by atoms with Crippen LogP contribution >= 0.6 is 0 Å². The fourth-order valence-electron chi connectivity index (χ4n) is 1.90. The average molecular weight is 293 g/mol. The second kappa shape index (κ2) is 7.59. The van der Waals surface area contributed by atoms with Crippen LogP contribution in [-0.2, 0) is 5.41 Å². The molecule has 0 amide bonds. The highest BCUT2D eigenvalue weighted by molar-refractivity contribution is 5.48. The third kappa shape index (κ3) is 6.29. The molecule has 0 aliphatic carbocycles. The largest absolute Gasteiger partial charge is 0.370 e. The monoisotopic (exact) mass is 293 g/mol. The molecule has 0 aromatic carbocycles. The van der Waals surface area contributed by atoms with Crippen LogP contribution in [0.5, 0.6) is 0 Å². The van der Waals surface area contributed by atoms with E-state index < -0.39 is 0 Å². The first-order valence-electron chi connectivity index (χ1n) is 7.77. The first-order chi connectivity index (χ1) is 9.72. The van der Waals surface area contributed by atoms with E-state index in [1.54, 1.807) is 0 Å². The summed E-state index contributed by atoms with van der Waals surface area (Å²) in [6.45, 7) is 12.6. The minimum absolute atomic E-state index is 0.0608. The summed E-state index contributed by atoms with van der Waals surface area (Å²) < 4.78 is 0. The molecule has 0 aliphatic heterocycles. The van der Waals surface area contributed by atoms with Crippen LogP contribution in [0, 0.1) is 0 Å². The van der Waals surface area contributed by atoms with Crippen LogP contribution in [0.3, 0.4) is 0 Å². The van der Waals surface area contributed by atoms with Crippen molar-refractivity contribution in [2.75, 3.05) is 37.8 Å². The zero-order valence-corrected chi connectivity index (χ0v) is 14.6. The molecule has 21 heavy (non-hydrogen) atoms. The SMILES string of the molecule is CCNc1cc(NC(C)CCN(C)C)nc(C(C)(C)C)n1. The van der Waals surface area contributed by atoms with Crippen LogP contribution in [0.1, 0.15) is 46.9 Å². The number of rotatable bonds is 7. The molecule has 120 valence electrons. The lowest BCUT2D eigenvalue weighted by Gasteiger charge is -2.21. The summed E-state index contributed by atoms with van der Waals surface area (Å²) in [5.74, 6) is 2.65. The summed E-state index contributed by atoms with van der Waals surface area (Å²) in [4.78, 5) is 11.5. The van der Waals surface area contributed by atoms with E-state index >= 15 is 0 Å². The fourth-order valence-corrected chi connectivity index (χ4v) is 1.90. The first-order valence-corrected chi connectivity index (χ1v) is 7.77. The van der Waals surface area contributed by atoms with Crippen LogP contribution in [0.15, 0.2) is 6.07 Å². The Hall–Kier alpha value is -1.36. The van der Waals surface area contributed by atoms with Crippen molar-refractivity contribution in [2.45, 2.75) is 52.5 Å². The number of nitrogens with one attached hydrogen (secondary N) is 2. The van der Waals surface area contributed by atoms with Gasteiger partial charge in [-0.1, -0.05) is 20.8 Å². The number of nitrogens with zero attached hydrogens (tertiary/aromatic N) is 3. The summed E-state index contributed by atoms with van der Waals surface area (Å²) in [5.41, 5.74) is -0.0608. The zero-order valence-electron chi connectivity index (χ0n) is 14.6. The normalized spacial score (nSPS) is 13.3. The molecule has 0 radical (unpaired) electrons. The second-order valence-electron chi connectivity index (χ2n) is 6.88. The Kier molecular flexibility index (Phi) is 6.40. The van der Waals surface area contributed by atoms with Gasteiger partial charge in [0.1, 0.15) is 17.5 Å². The van der Waals surface area contributed by atoms with E-state index in [2.05, 4.69) is 74.2 Å². The molecule has 1 heterocycles. The van der Waals surface area contributed by atoms with Crippen molar-refractivity contribution >= 4 is 11.6 Å². The molecule has 0 bridgehead atoms. The lowest BCUT2D eigenvalue weighted by Crippen LogP contribution is -2.25. The van der Waals surface area contributed by atoms with Gasteiger partial charge in [-0.2, -0.15) is 0 Å². The van der Waals surface area contributed by atoms with Crippen LogP contribution in [0.2, 0.25) is 0 Å². The van der Waals surface area contributed by atoms with Crippen molar-refractivity contribution in [3.05, 3.63) is 11.9 Å². The van der Waals surface area contributed by atoms with E-state index in [-0.39, 0.29) is 5.41 Å². The van der Waals surface area contributed by atoms with E-state index in [1.807, 2.05) is 6.07 Å². The first kappa shape index (κ1) is 17.7. The second-order valence-corrected chi connectivity index (χ2v) is 6.88. The Labute approximate surface area is 129 Å². The van der Waals surface area contributed by atoms with Gasteiger partial charge in [0.15, 0.2) is 0 Å². The van der Waals surface area contributed by atoms with Gasteiger partial charge in [0, 0.05) is 24.1 Å². The van der Waals surface area contributed by atoms with Crippen molar-refractivity contribution in [3.8, 4) is 0 Å². The molecule has 5 heteroatoms. The summed E-state index contributed by atoms with van der Waals surface area (Å²) >= 11 is 0. The number of hydrogen-bond donors (Lipinski definition) is 2. The molecular formula is C16H31N5. The molecule has 0 fully saturated rings. The molecule has 1 unspecified atom stereocenters. The topological polar surface area (TPSA) is 53.1 Å². The number of aromatic nitrogens is 2. The van der Waals surface area contributed by atoms with Crippen LogP contribution in [-0.4, -0.2) is 48.1 Å². The zero-order chi connectivity index (χ0) is 16.0. The average Bonchev–Trinajstić information content (AvgIpc) is 2.35. The summed E-state index contributed by atoms with van der Waals surface area (Å²) in [6.07, 6.45) is 1.08. The van der Waals surface area contributed by atoms with Gasteiger partial charge in [-0.3, -0.25) is 0 Å². The lowest BCUT2D eigenvalue weighted by molar-refractivity contribution is 0.390. The highest BCUT2D eigenvalue weighted by atomic mass is 15.1. The Balaban J connectivity index is 2.87. The van der Waals surface area contributed by atoms with Gasteiger partial charge >= 0.3 is 0 Å². The van der Waals surface area contributed by atoms with E-state index in [0.717, 1.165) is 37.0 Å². The Morgan fingerprint density at radius 2 is 1.81 bits per heavy atom. The number of hydrogen-bond acceptors (Lipinski definition) is 5. The van der Waals surface area contributed by atoms with Gasteiger partial charge in [0.2, 0.25) is 0 Å². The van der Waals surface area contributed by atoms with Crippen LogP contribution < -0.4 is 10.6 Å². The molecule has 5 nitrogen and oxygen atoms in total. The summed E-state index contributed by atoms with van der Waals surface area (Å²) in [6, 6.07) is 2.37. The van der Waals surface area contributed by atoms with Crippen molar-refractivity contribution in [1.29, 1.82) is 0 Å². The van der Waals surface area contributed by atoms with Gasteiger partial charge in [-0.25, -0.2) is 9.97 Å². The molecule has 2 N–H and O–H groups in total. The maximum atomic E-state index is 4.68. The Bertz CT molecular complexity index is 437. The number of anilines is 2. The lowest BCUT2D eigenvalue weighted by atomic mass is 9.96. The molecule has 0 spiro atoms. The quantitative estimate of drug-likeness (QED) is 0.809. The summed E-state index contributed by atoms with van der Waals surface area (Å²) in [7, 11) is 4.19. The molecule has 1 rings (SSSR count). The summed E-state index contributed by atoms with van der Waals surface area (Å²) in [5, 5.41) is 6.78. The van der Waals surface area contributed by atoms with E-state index in [0.29, 0.717) is 6.04 Å². The maximum Gasteiger partial charge on any atom is 0.138 e. The molecule has 1 atom stereocenters. The van der Waals surface area contributed by atoms with E-state index in [4.69, 9.17) is 0 Å². The van der Waals surface area contributed by atoms with Crippen LogP contribution in [0.4, 0.5) is 11.6 Å². The third-order valence-corrected chi connectivity index (χ3v) is 3.16. The van der Waals surface area contributed by atoms with Crippen molar-refractivity contribution in [3.63, 3.8) is 0 Å². The highest BCUT2D eigenvalue weighted by Crippen LogP contribution is 2.22. The minimum Gasteiger partial charge on any atom is -0.370 e.